The predicted octanol–water partition coefficient (Wildman–Crippen LogP) is 7.24. The average Bonchev–Trinajstić information content (AvgIpc) is 2.77. The van der Waals surface area contributed by atoms with Crippen LogP contribution in [0.15, 0.2) is 49.1 Å². The van der Waals surface area contributed by atoms with Crippen LogP contribution in [0, 0.1) is 34.9 Å². The van der Waals surface area contributed by atoms with Crippen LogP contribution in [-0.2, 0) is 12.8 Å². The quantitative estimate of drug-likeness (QED) is 0.496. The number of nitrogens with zero attached hydrogens (tertiary/aromatic N) is 1. The van der Waals surface area contributed by atoms with Gasteiger partial charge in [0.2, 0.25) is 0 Å². The van der Waals surface area contributed by atoms with E-state index in [4.69, 9.17) is 5.26 Å². The number of aryl methyl sites for hydroxylation is 1. The molecule has 0 radical (unpaired) electrons. The fourth-order valence-electron chi connectivity index (χ4n) is 5.45. The largest absolute Gasteiger partial charge is 0.206 e. The van der Waals surface area contributed by atoms with E-state index in [0.29, 0.717) is 0 Å². The molecular formula is C27H30FN. The molecule has 2 aliphatic rings. The van der Waals surface area contributed by atoms with Gasteiger partial charge in [-0.25, -0.2) is 4.39 Å². The molecule has 0 saturated heterocycles. The van der Waals surface area contributed by atoms with Crippen LogP contribution in [0.2, 0.25) is 0 Å². The number of halogens is 1. The van der Waals surface area contributed by atoms with Crippen LogP contribution in [0.5, 0.6) is 0 Å². The summed E-state index contributed by atoms with van der Waals surface area (Å²) in [6, 6.07) is 13.4. The fourth-order valence-corrected chi connectivity index (χ4v) is 5.45. The minimum atomic E-state index is -0.438. The van der Waals surface area contributed by atoms with Crippen molar-refractivity contribution in [2.45, 2.75) is 57.8 Å². The summed E-state index contributed by atoms with van der Waals surface area (Å²) >= 11 is 0. The third kappa shape index (κ3) is 4.45. The summed E-state index contributed by atoms with van der Waals surface area (Å²) < 4.78 is 14.0. The zero-order valence-electron chi connectivity index (χ0n) is 17.2. The van der Waals surface area contributed by atoms with E-state index in [2.05, 4.69) is 30.9 Å². The van der Waals surface area contributed by atoms with Crippen molar-refractivity contribution in [3.8, 4) is 17.2 Å². The number of rotatable bonds is 5. The minimum Gasteiger partial charge on any atom is -0.206 e. The van der Waals surface area contributed by atoms with Gasteiger partial charge in [0.25, 0.3) is 0 Å². The second-order valence-corrected chi connectivity index (χ2v) is 8.94. The van der Waals surface area contributed by atoms with Crippen LogP contribution in [0.4, 0.5) is 4.39 Å². The van der Waals surface area contributed by atoms with Crippen LogP contribution < -0.4 is 0 Å². The molecular weight excluding hydrogens is 357 g/mol. The Hall–Kier alpha value is -2.40. The van der Waals surface area contributed by atoms with Gasteiger partial charge in [-0.15, -0.1) is 6.58 Å². The van der Waals surface area contributed by atoms with Gasteiger partial charge in [-0.05, 0) is 97.1 Å². The molecule has 2 aromatic carbocycles. The summed E-state index contributed by atoms with van der Waals surface area (Å²) in [4.78, 5) is 0. The van der Waals surface area contributed by atoms with E-state index in [1.807, 2.05) is 12.1 Å². The van der Waals surface area contributed by atoms with Crippen molar-refractivity contribution in [2.75, 3.05) is 0 Å². The summed E-state index contributed by atoms with van der Waals surface area (Å²) in [7, 11) is 0. The number of nitriles is 1. The first-order chi connectivity index (χ1) is 14.2. The molecule has 0 aromatic heterocycles. The maximum Gasteiger partial charge on any atom is 0.141 e. The summed E-state index contributed by atoms with van der Waals surface area (Å²) in [6.07, 6.45) is 13.7. The monoisotopic (exact) mass is 387 g/mol. The second-order valence-electron chi connectivity index (χ2n) is 8.94. The zero-order valence-corrected chi connectivity index (χ0v) is 17.2. The molecule has 0 aliphatic heterocycles. The first-order valence-corrected chi connectivity index (χ1v) is 11.1. The first-order valence-electron chi connectivity index (χ1n) is 11.1. The maximum absolute atomic E-state index is 14.0. The standard InChI is InChI=1S/C27H30FN/c1-2-3-4-19-5-7-20(8-6-19)21-9-10-23-16-24(12-11-22(23)15-21)25-13-14-26(18-29)27(28)17-25/h2,11-14,16-17,19-21H,1,3-10,15H2. The predicted molar refractivity (Wildman–Crippen MR) is 117 cm³/mol. The summed E-state index contributed by atoms with van der Waals surface area (Å²) in [6.45, 7) is 3.86. The van der Waals surface area contributed by atoms with E-state index < -0.39 is 5.82 Å². The molecule has 0 heterocycles. The molecule has 0 spiro atoms. The highest BCUT2D eigenvalue weighted by atomic mass is 19.1. The Morgan fingerprint density at radius 1 is 0.966 bits per heavy atom. The van der Waals surface area contributed by atoms with Gasteiger partial charge in [-0.2, -0.15) is 5.26 Å². The van der Waals surface area contributed by atoms with Gasteiger partial charge in [-0.1, -0.05) is 43.2 Å². The van der Waals surface area contributed by atoms with Crippen LogP contribution in [-0.4, -0.2) is 0 Å². The molecule has 0 bridgehead atoms. The minimum absolute atomic E-state index is 0.105. The molecule has 1 atom stereocenters. The summed E-state index contributed by atoms with van der Waals surface area (Å²) in [5, 5.41) is 8.93. The smallest absolute Gasteiger partial charge is 0.141 e. The number of hydrogen-bond acceptors (Lipinski definition) is 1. The highest BCUT2D eigenvalue weighted by Gasteiger charge is 2.30. The molecule has 1 nitrogen and oxygen atoms in total. The van der Waals surface area contributed by atoms with E-state index in [1.165, 1.54) is 62.1 Å². The Morgan fingerprint density at radius 2 is 1.72 bits per heavy atom. The van der Waals surface area contributed by atoms with E-state index in [9.17, 15) is 4.39 Å². The van der Waals surface area contributed by atoms with Crippen molar-refractivity contribution >= 4 is 0 Å². The highest BCUT2D eigenvalue weighted by Crippen LogP contribution is 2.41. The number of allylic oxidation sites excluding steroid dienone is 1. The lowest BCUT2D eigenvalue weighted by Crippen LogP contribution is -2.26. The number of benzene rings is 2. The lowest BCUT2D eigenvalue weighted by molar-refractivity contribution is 0.185. The van der Waals surface area contributed by atoms with E-state index >= 15 is 0 Å². The Kier molecular flexibility index (Phi) is 6.14. The Labute approximate surface area is 174 Å². The third-order valence-electron chi connectivity index (χ3n) is 7.23. The first kappa shape index (κ1) is 19.9. The molecule has 0 N–H and O–H groups in total. The van der Waals surface area contributed by atoms with E-state index in [0.717, 1.165) is 41.7 Å². The highest BCUT2D eigenvalue weighted by molar-refractivity contribution is 5.66. The van der Waals surface area contributed by atoms with Crippen LogP contribution in [0.1, 0.15) is 61.6 Å². The average molecular weight is 388 g/mol. The Morgan fingerprint density at radius 3 is 2.45 bits per heavy atom. The molecule has 2 aromatic rings. The molecule has 4 rings (SSSR count). The summed E-state index contributed by atoms with van der Waals surface area (Å²) in [5.41, 5.74) is 4.91. The van der Waals surface area contributed by atoms with Crippen molar-refractivity contribution < 1.29 is 4.39 Å². The molecule has 29 heavy (non-hydrogen) atoms. The topological polar surface area (TPSA) is 23.8 Å². The summed E-state index contributed by atoms with van der Waals surface area (Å²) in [5.74, 6) is 2.18. The van der Waals surface area contributed by atoms with E-state index in [-0.39, 0.29) is 5.56 Å². The van der Waals surface area contributed by atoms with Gasteiger partial charge < -0.3 is 0 Å². The van der Waals surface area contributed by atoms with Gasteiger partial charge in [0.1, 0.15) is 11.9 Å². The normalized spacial score (nSPS) is 23.8. The van der Waals surface area contributed by atoms with Crippen molar-refractivity contribution in [3.63, 3.8) is 0 Å². The Balaban J connectivity index is 1.42. The van der Waals surface area contributed by atoms with Crippen LogP contribution in [0.3, 0.4) is 0 Å². The zero-order chi connectivity index (χ0) is 20.2. The van der Waals surface area contributed by atoms with Crippen molar-refractivity contribution in [3.05, 3.63) is 71.6 Å². The Bertz CT molecular complexity index is 915. The molecule has 2 aliphatic carbocycles. The van der Waals surface area contributed by atoms with Gasteiger partial charge >= 0.3 is 0 Å². The van der Waals surface area contributed by atoms with Gasteiger partial charge in [0.15, 0.2) is 0 Å². The molecule has 1 saturated carbocycles. The number of hydrogen-bond donors (Lipinski definition) is 0. The molecule has 2 heteroatoms. The lowest BCUT2D eigenvalue weighted by atomic mass is 9.69. The third-order valence-corrected chi connectivity index (χ3v) is 7.23. The second kappa shape index (κ2) is 8.95. The van der Waals surface area contributed by atoms with Crippen molar-refractivity contribution in [1.82, 2.24) is 0 Å². The molecule has 0 amide bonds. The van der Waals surface area contributed by atoms with Crippen molar-refractivity contribution in [2.24, 2.45) is 17.8 Å². The molecule has 1 unspecified atom stereocenters. The molecule has 1 fully saturated rings. The van der Waals surface area contributed by atoms with Gasteiger partial charge in [-0.3, -0.25) is 0 Å². The van der Waals surface area contributed by atoms with Gasteiger partial charge in [0.05, 0.1) is 5.56 Å². The van der Waals surface area contributed by atoms with Crippen LogP contribution in [0.25, 0.3) is 11.1 Å². The fraction of sp³-hybridized carbons (Fsp3) is 0.444. The maximum atomic E-state index is 14.0. The molecule has 150 valence electrons. The van der Waals surface area contributed by atoms with E-state index in [1.54, 1.807) is 6.07 Å². The number of fused-ring (bicyclic) bond motifs is 1. The van der Waals surface area contributed by atoms with Crippen LogP contribution >= 0.6 is 0 Å². The lowest BCUT2D eigenvalue weighted by Gasteiger charge is -2.36. The van der Waals surface area contributed by atoms with Crippen molar-refractivity contribution in [1.29, 1.82) is 5.26 Å². The SMILES string of the molecule is C=CCCC1CCC(C2CCc3cc(-c4ccc(C#N)c(F)c4)ccc3C2)CC1. The van der Waals surface area contributed by atoms with Gasteiger partial charge in [0, 0.05) is 0 Å².